The summed E-state index contributed by atoms with van der Waals surface area (Å²) in [6.07, 6.45) is 3.13. The number of amides is 1. The van der Waals surface area contributed by atoms with E-state index in [1.165, 1.54) is 12.3 Å². The van der Waals surface area contributed by atoms with Gasteiger partial charge in [-0.25, -0.2) is 8.78 Å². The van der Waals surface area contributed by atoms with Gasteiger partial charge in [0.15, 0.2) is 0 Å². The molecule has 108 valence electrons. The highest BCUT2D eigenvalue weighted by atomic mass is 19.1. The highest BCUT2D eigenvalue weighted by Gasteiger charge is 2.11. The number of benzene rings is 1. The minimum absolute atomic E-state index is 0.104. The van der Waals surface area contributed by atoms with Crippen LogP contribution in [0.4, 0.5) is 20.2 Å². The number of pyridine rings is 1. The SMILES string of the molecule is C=CCNc1ccnc(C(=O)Nc2ccc(F)cc2F)c1. The van der Waals surface area contributed by atoms with E-state index in [4.69, 9.17) is 0 Å². The fourth-order valence-corrected chi connectivity index (χ4v) is 1.63. The van der Waals surface area contributed by atoms with Crippen molar-refractivity contribution in [2.45, 2.75) is 0 Å². The third-order valence-corrected chi connectivity index (χ3v) is 2.62. The van der Waals surface area contributed by atoms with Crippen LogP contribution in [0.5, 0.6) is 0 Å². The summed E-state index contributed by atoms with van der Waals surface area (Å²) >= 11 is 0. The number of halogens is 2. The summed E-state index contributed by atoms with van der Waals surface area (Å²) in [4.78, 5) is 15.9. The van der Waals surface area contributed by atoms with Gasteiger partial charge in [-0.05, 0) is 24.3 Å². The molecule has 1 aromatic carbocycles. The van der Waals surface area contributed by atoms with Gasteiger partial charge in [-0.3, -0.25) is 9.78 Å². The zero-order valence-corrected chi connectivity index (χ0v) is 11.1. The molecule has 2 aromatic rings. The number of hydrogen-bond donors (Lipinski definition) is 2. The van der Waals surface area contributed by atoms with Crippen molar-refractivity contribution in [2.24, 2.45) is 0 Å². The second kappa shape index (κ2) is 6.60. The molecule has 6 heteroatoms. The van der Waals surface area contributed by atoms with Crippen LogP contribution in [-0.2, 0) is 0 Å². The Balaban J connectivity index is 2.14. The fraction of sp³-hybridized carbons (Fsp3) is 0.0667. The topological polar surface area (TPSA) is 54.0 Å². The maximum atomic E-state index is 13.5. The van der Waals surface area contributed by atoms with Crippen molar-refractivity contribution in [1.29, 1.82) is 0 Å². The number of hydrogen-bond acceptors (Lipinski definition) is 3. The summed E-state index contributed by atoms with van der Waals surface area (Å²) in [6, 6.07) is 6.14. The molecule has 1 aromatic heterocycles. The molecule has 0 bridgehead atoms. The van der Waals surface area contributed by atoms with Gasteiger partial charge in [0.2, 0.25) is 0 Å². The standard InChI is InChI=1S/C15H13F2N3O/c1-2-6-18-11-5-7-19-14(9-11)15(21)20-13-4-3-10(16)8-12(13)17/h2-5,7-9H,1,6H2,(H,18,19)(H,20,21). The van der Waals surface area contributed by atoms with E-state index in [-0.39, 0.29) is 11.4 Å². The lowest BCUT2D eigenvalue weighted by Crippen LogP contribution is -2.15. The first-order valence-electron chi connectivity index (χ1n) is 6.17. The van der Waals surface area contributed by atoms with Crippen molar-refractivity contribution in [2.75, 3.05) is 17.2 Å². The van der Waals surface area contributed by atoms with Crippen molar-refractivity contribution in [3.8, 4) is 0 Å². The van der Waals surface area contributed by atoms with Crippen LogP contribution in [0.3, 0.4) is 0 Å². The largest absolute Gasteiger partial charge is 0.381 e. The Morgan fingerprint density at radius 2 is 2.10 bits per heavy atom. The summed E-state index contributed by atoms with van der Waals surface area (Å²) in [5.74, 6) is -2.13. The molecule has 2 N–H and O–H groups in total. The molecule has 0 fully saturated rings. The van der Waals surface area contributed by atoms with Crippen molar-refractivity contribution >= 4 is 17.3 Å². The van der Waals surface area contributed by atoms with Crippen molar-refractivity contribution in [1.82, 2.24) is 4.98 Å². The predicted octanol–water partition coefficient (Wildman–Crippen LogP) is 3.21. The van der Waals surface area contributed by atoms with Gasteiger partial charge < -0.3 is 10.6 Å². The Bertz CT molecular complexity index is 674. The minimum atomic E-state index is -0.843. The van der Waals surface area contributed by atoms with E-state index in [9.17, 15) is 13.6 Å². The molecule has 21 heavy (non-hydrogen) atoms. The lowest BCUT2D eigenvalue weighted by atomic mass is 10.2. The van der Waals surface area contributed by atoms with Gasteiger partial charge in [0.05, 0.1) is 5.69 Å². The molecule has 0 saturated heterocycles. The van der Waals surface area contributed by atoms with Gasteiger partial charge in [0.1, 0.15) is 17.3 Å². The van der Waals surface area contributed by atoms with E-state index in [0.717, 1.165) is 12.1 Å². The van der Waals surface area contributed by atoms with Crippen molar-refractivity contribution < 1.29 is 13.6 Å². The lowest BCUT2D eigenvalue weighted by Gasteiger charge is -2.08. The average molecular weight is 289 g/mol. The monoisotopic (exact) mass is 289 g/mol. The first-order chi connectivity index (χ1) is 10.1. The second-order valence-corrected chi connectivity index (χ2v) is 4.18. The van der Waals surface area contributed by atoms with Crippen LogP contribution in [0.25, 0.3) is 0 Å². The maximum Gasteiger partial charge on any atom is 0.274 e. The molecule has 4 nitrogen and oxygen atoms in total. The van der Waals surface area contributed by atoms with Crippen LogP contribution in [0.2, 0.25) is 0 Å². The molecule has 0 saturated carbocycles. The summed E-state index contributed by atoms with van der Waals surface area (Å²) < 4.78 is 26.3. The number of nitrogens with one attached hydrogen (secondary N) is 2. The van der Waals surface area contributed by atoms with Gasteiger partial charge in [-0.1, -0.05) is 6.08 Å². The van der Waals surface area contributed by atoms with E-state index in [0.29, 0.717) is 18.3 Å². The molecule has 0 spiro atoms. The summed E-state index contributed by atoms with van der Waals surface area (Å²) in [5, 5.41) is 5.36. The highest BCUT2D eigenvalue weighted by molar-refractivity contribution is 6.03. The van der Waals surface area contributed by atoms with Crippen LogP contribution < -0.4 is 10.6 Å². The van der Waals surface area contributed by atoms with Crippen molar-refractivity contribution in [3.63, 3.8) is 0 Å². The average Bonchev–Trinajstić information content (AvgIpc) is 2.48. The number of anilines is 2. The normalized spacial score (nSPS) is 10.0. The molecule has 1 heterocycles. The van der Waals surface area contributed by atoms with E-state index < -0.39 is 17.5 Å². The Morgan fingerprint density at radius 3 is 2.81 bits per heavy atom. The lowest BCUT2D eigenvalue weighted by molar-refractivity contribution is 0.102. The molecule has 0 aliphatic rings. The predicted molar refractivity (Wildman–Crippen MR) is 77.2 cm³/mol. The molecule has 0 aliphatic carbocycles. The summed E-state index contributed by atoms with van der Waals surface area (Å²) in [5.41, 5.74) is 0.704. The smallest absolute Gasteiger partial charge is 0.274 e. The van der Waals surface area contributed by atoms with E-state index >= 15 is 0 Å². The van der Waals surface area contributed by atoms with E-state index in [1.54, 1.807) is 12.1 Å². The molecule has 0 aliphatic heterocycles. The maximum absolute atomic E-state index is 13.5. The van der Waals surface area contributed by atoms with E-state index in [1.807, 2.05) is 0 Å². The Kier molecular flexibility index (Phi) is 4.61. The zero-order chi connectivity index (χ0) is 15.2. The van der Waals surface area contributed by atoms with Crippen LogP contribution >= 0.6 is 0 Å². The molecule has 2 rings (SSSR count). The van der Waals surface area contributed by atoms with E-state index in [2.05, 4.69) is 22.2 Å². The first kappa shape index (κ1) is 14.6. The number of rotatable bonds is 5. The minimum Gasteiger partial charge on any atom is -0.381 e. The van der Waals surface area contributed by atoms with Crippen LogP contribution in [-0.4, -0.2) is 17.4 Å². The van der Waals surface area contributed by atoms with Gasteiger partial charge in [-0.2, -0.15) is 0 Å². The van der Waals surface area contributed by atoms with Gasteiger partial charge in [-0.15, -0.1) is 6.58 Å². The van der Waals surface area contributed by atoms with Crippen LogP contribution in [0.15, 0.2) is 49.2 Å². The van der Waals surface area contributed by atoms with Gasteiger partial charge in [0, 0.05) is 24.5 Å². The van der Waals surface area contributed by atoms with Crippen LogP contribution in [0.1, 0.15) is 10.5 Å². The number of nitrogens with zero attached hydrogens (tertiary/aromatic N) is 1. The molecule has 0 radical (unpaired) electrons. The second-order valence-electron chi connectivity index (χ2n) is 4.18. The zero-order valence-electron chi connectivity index (χ0n) is 11.1. The Morgan fingerprint density at radius 1 is 1.29 bits per heavy atom. The third-order valence-electron chi connectivity index (χ3n) is 2.62. The van der Waals surface area contributed by atoms with Crippen molar-refractivity contribution in [3.05, 3.63) is 66.5 Å². The molecular weight excluding hydrogens is 276 g/mol. The molecule has 0 unspecified atom stereocenters. The molecule has 0 atom stereocenters. The number of aromatic nitrogens is 1. The Hall–Kier alpha value is -2.76. The highest BCUT2D eigenvalue weighted by Crippen LogP contribution is 2.16. The molecule has 1 amide bonds. The van der Waals surface area contributed by atoms with Crippen LogP contribution in [0, 0.1) is 11.6 Å². The van der Waals surface area contributed by atoms with Gasteiger partial charge >= 0.3 is 0 Å². The Labute approximate surface area is 120 Å². The number of carbonyl (C=O) groups excluding carboxylic acids is 1. The molecular formula is C15H13F2N3O. The van der Waals surface area contributed by atoms with Gasteiger partial charge in [0.25, 0.3) is 5.91 Å². The first-order valence-corrected chi connectivity index (χ1v) is 6.17. The summed E-state index contributed by atoms with van der Waals surface area (Å²) in [6.45, 7) is 4.12. The summed E-state index contributed by atoms with van der Waals surface area (Å²) in [7, 11) is 0. The fourth-order valence-electron chi connectivity index (χ4n) is 1.63. The quantitative estimate of drug-likeness (QED) is 0.831. The number of carbonyl (C=O) groups is 1. The third kappa shape index (κ3) is 3.85.